The van der Waals surface area contributed by atoms with Crippen molar-refractivity contribution in [2.45, 2.75) is 10.8 Å². The molecular formula is C80H52N4. The maximum absolute atomic E-state index is 10.0. The van der Waals surface area contributed by atoms with Crippen LogP contribution < -0.4 is 9.80 Å². The van der Waals surface area contributed by atoms with Crippen molar-refractivity contribution in [3.63, 3.8) is 0 Å². The lowest BCUT2D eigenvalue weighted by atomic mass is 9.67. The van der Waals surface area contributed by atoms with Gasteiger partial charge in [0.2, 0.25) is 0 Å². The topological polar surface area (TPSA) is 54.1 Å². The zero-order chi connectivity index (χ0) is 56.2. The molecule has 84 heavy (non-hydrogen) atoms. The molecule has 2 aliphatic carbocycles. The standard InChI is InChI=1S/C80H52N4/c81-53-55-35-41-62(42-36-55)83(65-47-49-71-69-27-13-15-32-74(69)79(76(71)51-65,58-19-5-1-6-20-58)59-21-7-2-8-22-59)63-45-39-57(40-46-63)67-29-17-31-73-68(67)30-18-34-78(73)84(64-43-37-56(54-82)38-44-64)66-48-50-72-70-28-14-16-33-75(70)80(77(72)52-66,60-23-9-3-10-24-60)61-25-11-4-12-26-61/h1-52H. The van der Waals surface area contributed by atoms with E-state index in [0.717, 1.165) is 56.0 Å². The normalized spacial score (nSPS) is 12.9. The van der Waals surface area contributed by atoms with Crippen LogP contribution in [0.15, 0.2) is 315 Å². The molecule has 13 aromatic rings. The molecule has 0 radical (unpaired) electrons. The highest BCUT2D eigenvalue weighted by atomic mass is 15.1. The molecule has 15 rings (SSSR count). The van der Waals surface area contributed by atoms with Crippen LogP contribution in [0.5, 0.6) is 0 Å². The summed E-state index contributed by atoms with van der Waals surface area (Å²) in [6.07, 6.45) is 0. The summed E-state index contributed by atoms with van der Waals surface area (Å²) in [6.45, 7) is 0. The van der Waals surface area contributed by atoms with E-state index in [9.17, 15) is 10.5 Å². The Bertz CT molecular complexity index is 4640. The lowest BCUT2D eigenvalue weighted by Crippen LogP contribution is -2.28. The monoisotopic (exact) mass is 1070 g/mol. The number of benzene rings is 13. The van der Waals surface area contributed by atoms with Gasteiger partial charge in [0.05, 0.1) is 39.8 Å². The number of hydrogen-bond acceptors (Lipinski definition) is 4. The van der Waals surface area contributed by atoms with Crippen LogP contribution in [0.1, 0.15) is 55.6 Å². The Kier molecular flexibility index (Phi) is 12.0. The van der Waals surface area contributed by atoms with Gasteiger partial charge >= 0.3 is 0 Å². The Morgan fingerprint density at radius 3 is 1.05 bits per heavy atom. The Hall–Kier alpha value is -11.3. The number of anilines is 6. The van der Waals surface area contributed by atoms with E-state index in [2.05, 4.69) is 301 Å². The number of hydrogen-bond donors (Lipinski definition) is 0. The smallest absolute Gasteiger partial charge is 0.0991 e. The summed E-state index contributed by atoms with van der Waals surface area (Å²) in [6, 6.07) is 118. The fourth-order valence-electron chi connectivity index (χ4n) is 13.9. The van der Waals surface area contributed by atoms with E-state index in [-0.39, 0.29) is 0 Å². The number of nitriles is 2. The van der Waals surface area contributed by atoms with Crippen LogP contribution in [-0.2, 0) is 10.8 Å². The van der Waals surface area contributed by atoms with Crippen molar-refractivity contribution in [1.29, 1.82) is 10.5 Å². The fraction of sp³-hybridized carbons (Fsp3) is 0.0250. The summed E-state index contributed by atoms with van der Waals surface area (Å²) in [5.74, 6) is 0. The molecule has 0 aliphatic heterocycles. The highest BCUT2D eigenvalue weighted by molar-refractivity contribution is 6.06. The van der Waals surface area contributed by atoms with Crippen molar-refractivity contribution in [2.24, 2.45) is 0 Å². The minimum atomic E-state index is -0.587. The average Bonchev–Trinajstić information content (AvgIpc) is 1.60. The van der Waals surface area contributed by atoms with Gasteiger partial charge in [-0.3, -0.25) is 0 Å². The number of nitrogens with zero attached hydrogens (tertiary/aromatic N) is 4. The minimum absolute atomic E-state index is 0.575. The zero-order valence-electron chi connectivity index (χ0n) is 45.8. The molecule has 4 heteroatoms. The van der Waals surface area contributed by atoms with Gasteiger partial charge in [-0.05, 0) is 174 Å². The molecule has 0 amide bonds. The van der Waals surface area contributed by atoms with Crippen LogP contribution in [0.25, 0.3) is 44.2 Å². The molecule has 0 unspecified atom stereocenters. The van der Waals surface area contributed by atoms with Crippen LogP contribution in [0.4, 0.5) is 34.1 Å². The Labute approximate surface area is 489 Å². The van der Waals surface area contributed by atoms with Gasteiger partial charge in [-0.1, -0.05) is 224 Å². The summed E-state index contributed by atoms with van der Waals surface area (Å²) in [7, 11) is 0. The predicted molar refractivity (Wildman–Crippen MR) is 343 cm³/mol. The van der Waals surface area contributed by atoms with Gasteiger partial charge in [-0.25, -0.2) is 0 Å². The number of rotatable bonds is 11. The molecule has 0 bridgehead atoms. The molecule has 0 aromatic heterocycles. The molecule has 0 saturated carbocycles. The average molecular weight is 1070 g/mol. The predicted octanol–water partition coefficient (Wildman–Crippen LogP) is 19.9. The molecule has 392 valence electrons. The summed E-state index contributed by atoms with van der Waals surface area (Å²) < 4.78 is 0. The molecular weight excluding hydrogens is 1020 g/mol. The fourth-order valence-corrected chi connectivity index (χ4v) is 13.9. The Balaban J connectivity index is 0.870. The highest BCUT2D eigenvalue weighted by Crippen LogP contribution is 2.59. The molecule has 0 spiro atoms. The van der Waals surface area contributed by atoms with Crippen molar-refractivity contribution in [3.05, 3.63) is 371 Å². The molecule has 0 saturated heterocycles. The lowest BCUT2D eigenvalue weighted by Gasteiger charge is -2.35. The van der Waals surface area contributed by atoms with Crippen molar-refractivity contribution in [2.75, 3.05) is 9.80 Å². The zero-order valence-corrected chi connectivity index (χ0v) is 45.8. The van der Waals surface area contributed by atoms with Crippen molar-refractivity contribution < 1.29 is 0 Å². The molecule has 4 nitrogen and oxygen atoms in total. The second-order valence-electron chi connectivity index (χ2n) is 21.7. The van der Waals surface area contributed by atoms with E-state index >= 15 is 0 Å². The highest BCUT2D eigenvalue weighted by Gasteiger charge is 2.48. The van der Waals surface area contributed by atoms with E-state index in [0.29, 0.717) is 11.1 Å². The Morgan fingerprint density at radius 2 is 0.595 bits per heavy atom. The summed E-state index contributed by atoms with van der Waals surface area (Å²) in [4.78, 5) is 4.67. The maximum Gasteiger partial charge on any atom is 0.0991 e. The first-order valence-corrected chi connectivity index (χ1v) is 28.5. The second-order valence-corrected chi connectivity index (χ2v) is 21.7. The van der Waals surface area contributed by atoms with E-state index < -0.39 is 10.8 Å². The Morgan fingerprint density at radius 1 is 0.250 bits per heavy atom. The first kappa shape index (κ1) is 49.7. The van der Waals surface area contributed by atoms with Crippen LogP contribution in [0.2, 0.25) is 0 Å². The van der Waals surface area contributed by atoms with E-state index in [1.165, 1.54) is 66.8 Å². The minimum Gasteiger partial charge on any atom is -0.310 e. The molecule has 2 aliphatic rings. The summed E-state index contributed by atoms with van der Waals surface area (Å²) in [5, 5.41) is 22.2. The summed E-state index contributed by atoms with van der Waals surface area (Å²) in [5.41, 5.74) is 22.8. The first-order valence-electron chi connectivity index (χ1n) is 28.5. The largest absolute Gasteiger partial charge is 0.310 e. The molecule has 0 N–H and O–H groups in total. The third-order valence-electron chi connectivity index (χ3n) is 17.5. The van der Waals surface area contributed by atoms with Gasteiger partial charge in [0.15, 0.2) is 0 Å². The first-order chi connectivity index (χ1) is 41.6. The van der Waals surface area contributed by atoms with Crippen molar-refractivity contribution >= 4 is 44.9 Å². The quantitative estimate of drug-likeness (QED) is 0.130. The van der Waals surface area contributed by atoms with Gasteiger partial charge in [-0.2, -0.15) is 10.5 Å². The third-order valence-corrected chi connectivity index (χ3v) is 17.5. The molecule has 0 fully saturated rings. The van der Waals surface area contributed by atoms with Crippen LogP contribution in [0.3, 0.4) is 0 Å². The van der Waals surface area contributed by atoms with Crippen LogP contribution >= 0.6 is 0 Å². The molecule has 0 atom stereocenters. The SMILES string of the molecule is N#Cc1ccc(N(c2ccc(-c3cccc4c(N(c5ccc(C#N)cc5)c5ccc6c(c5)C(c5ccccc5)(c5ccccc5)c5ccccc5-6)cccc34)cc2)c2ccc3c(c2)C(c2ccccc2)(c2ccccc2)c2ccccc2-3)cc1. The van der Waals surface area contributed by atoms with Gasteiger partial charge in [0.25, 0.3) is 0 Å². The van der Waals surface area contributed by atoms with Crippen LogP contribution in [-0.4, -0.2) is 0 Å². The van der Waals surface area contributed by atoms with Gasteiger partial charge in [0.1, 0.15) is 0 Å². The van der Waals surface area contributed by atoms with E-state index in [4.69, 9.17) is 0 Å². The lowest BCUT2D eigenvalue weighted by molar-refractivity contribution is 0.768. The maximum atomic E-state index is 10.0. The van der Waals surface area contributed by atoms with Crippen LogP contribution in [0, 0.1) is 22.7 Å². The van der Waals surface area contributed by atoms with E-state index in [1.807, 2.05) is 36.4 Å². The second kappa shape index (κ2) is 20.4. The molecule has 13 aromatic carbocycles. The number of fused-ring (bicyclic) bond motifs is 7. The van der Waals surface area contributed by atoms with Crippen molar-refractivity contribution in [3.8, 4) is 45.5 Å². The van der Waals surface area contributed by atoms with Crippen molar-refractivity contribution in [1.82, 2.24) is 0 Å². The summed E-state index contributed by atoms with van der Waals surface area (Å²) >= 11 is 0. The third kappa shape index (κ3) is 7.74. The molecule has 0 heterocycles. The van der Waals surface area contributed by atoms with E-state index in [1.54, 1.807) is 0 Å². The van der Waals surface area contributed by atoms with Gasteiger partial charge in [-0.15, -0.1) is 0 Å². The van der Waals surface area contributed by atoms with Gasteiger partial charge in [0, 0.05) is 33.8 Å². The van der Waals surface area contributed by atoms with Gasteiger partial charge < -0.3 is 9.80 Å².